The van der Waals surface area contributed by atoms with E-state index in [9.17, 15) is 0 Å². The fourth-order valence-electron chi connectivity index (χ4n) is 2.46. The number of hydrogen-bond acceptors (Lipinski definition) is 3. The zero-order chi connectivity index (χ0) is 12.5. The Kier molecular flexibility index (Phi) is 3.22. The van der Waals surface area contributed by atoms with Crippen LogP contribution in [0.1, 0.15) is 36.6 Å². The fourth-order valence-corrected chi connectivity index (χ4v) is 2.80. The van der Waals surface area contributed by atoms with E-state index in [1.165, 1.54) is 6.42 Å². The summed E-state index contributed by atoms with van der Waals surface area (Å²) in [5.41, 5.74) is 4.15. The second-order valence-corrected chi connectivity index (χ2v) is 4.98. The van der Waals surface area contributed by atoms with E-state index in [2.05, 4.69) is 22.4 Å². The van der Waals surface area contributed by atoms with Gasteiger partial charge < -0.3 is 4.74 Å². The summed E-state index contributed by atoms with van der Waals surface area (Å²) in [6.45, 7) is 2.85. The molecule has 18 heavy (non-hydrogen) atoms. The molecule has 2 aromatic rings. The van der Waals surface area contributed by atoms with Gasteiger partial charge in [0, 0.05) is 12.5 Å². The van der Waals surface area contributed by atoms with E-state index in [0.717, 1.165) is 41.6 Å². The molecule has 5 heteroatoms. The van der Waals surface area contributed by atoms with Crippen molar-refractivity contribution < 1.29 is 4.74 Å². The highest BCUT2D eigenvalue weighted by atomic mass is 35.5. The number of alkyl halides is 1. The molecule has 96 valence electrons. The third kappa shape index (κ3) is 1.89. The number of benzene rings is 1. The summed E-state index contributed by atoms with van der Waals surface area (Å²) in [7, 11) is 0. The number of rotatable bonds is 2. The van der Waals surface area contributed by atoms with Gasteiger partial charge in [0.15, 0.2) is 6.23 Å². The molecule has 0 radical (unpaired) electrons. The Morgan fingerprint density at radius 1 is 1.44 bits per heavy atom. The molecule has 4 nitrogen and oxygen atoms in total. The number of nitrogens with zero attached hydrogens (tertiary/aromatic N) is 3. The van der Waals surface area contributed by atoms with Gasteiger partial charge in [0.1, 0.15) is 5.52 Å². The third-order valence-electron chi connectivity index (χ3n) is 3.55. The van der Waals surface area contributed by atoms with Gasteiger partial charge in [0.2, 0.25) is 0 Å². The van der Waals surface area contributed by atoms with Crippen molar-refractivity contribution in [1.82, 2.24) is 15.0 Å². The largest absolute Gasteiger partial charge is 0.356 e. The molecule has 0 bridgehead atoms. The molecule has 1 aromatic heterocycles. The van der Waals surface area contributed by atoms with Crippen LogP contribution in [-0.4, -0.2) is 21.6 Å². The van der Waals surface area contributed by atoms with E-state index in [4.69, 9.17) is 16.3 Å². The maximum Gasteiger partial charge on any atom is 0.152 e. The number of hydrogen-bond donors (Lipinski definition) is 0. The van der Waals surface area contributed by atoms with Gasteiger partial charge in [0.25, 0.3) is 0 Å². The van der Waals surface area contributed by atoms with Crippen LogP contribution < -0.4 is 0 Å². The van der Waals surface area contributed by atoms with Gasteiger partial charge in [-0.3, -0.25) is 0 Å². The second-order valence-electron chi connectivity index (χ2n) is 4.72. The minimum absolute atomic E-state index is 0.0228. The summed E-state index contributed by atoms with van der Waals surface area (Å²) in [6, 6.07) is 4.13. The molecule has 2 heterocycles. The van der Waals surface area contributed by atoms with E-state index in [-0.39, 0.29) is 6.23 Å². The molecule has 0 saturated carbocycles. The van der Waals surface area contributed by atoms with Crippen LogP contribution in [0.4, 0.5) is 0 Å². The molecule has 1 unspecified atom stereocenters. The van der Waals surface area contributed by atoms with Crippen LogP contribution >= 0.6 is 11.6 Å². The fraction of sp³-hybridized carbons (Fsp3) is 0.538. The van der Waals surface area contributed by atoms with Crippen molar-refractivity contribution >= 4 is 22.6 Å². The highest BCUT2D eigenvalue weighted by Crippen LogP contribution is 2.28. The molecule has 1 saturated heterocycles. The lowest BCUT2D eigenvalue weighted by atomic mass is 10.1. The molecule has 0 spiro atoms. The van der Waals surface area contributed by atoms with Gasteiger partial charge in [-0.05, 0) is 43.4 Å². The summed E-state index contributed by atoms with van der Waals surface area (Å²) in [5, 5.41) is 8.53. The molecule has 1 aromatic carbocycles. The monoisotopic (exact) mass is 265 g/mol. The van der Waals surface area contributed by atoms with Gasteiger partial charge in [0.05, 0.1) is 5.52 Å². The summed E-state index contributed by atoms with van der Waals surface area (Å²) in [5.74, 6) is 0.466. The standard InChI is InChI=1S/C13H16ClN3O/c1-9-5-6-11-13(10(9)8-14)15-16-17(11)12-4-2-3-7-18-12/h5-6,12H,2-4,7-8H2,1H3. The topological polar surface area (TPSA) is 39.9 Å². The number of ether oxygens (including phenoxy) is 1. The van der Waals surface area contributed by atoms with Gasteiger partial charge in [-0.25, -0.2) is 4.68 Å². The summed E-state index contributed by atoms with van der Waals surface area (Å²) < 4.78 is 7.65. The molecule has 1 aliphatic heterocycles. The van der Waals surface area contributed by atoms with E-state index >= 15 is 0 Å². The highest BCUT2D eigenvalue weighted by Gasteiger charge is 2.20. The van der Waals surface area contributed by atoms with E-state index in [1.807, 2.05) is 11.6 Å². The van der Waals surface area contributed by atoms with Crippen LogP contribution in [0.5, 0.6) is 0 Å². The van der Waals surface area contributed by atoms with Crippen LogP contribution in [0, 0.1) is 6.92 Å². The average Bonchev–Trinajstić information content (AvgIpc) is 2.83. The molecule has 1 aliphatic rings. The molecule has 0 amide bonds. The van der Waals surface area contributed by atoms with Crippen LogP contribution in [0.15, 0.2) is 12.1 Å². The van der Waals surface area contributed by atoms with Crippen LogP contribution in [0.25, 0.3) is 11.0 Å². The van der Waals surface area contributed by atoms with Crippen molar-refractivity contribution in [3.63, 3.8) is 0 Å². The molecule has 3 rings (SSSR count). The Balaban J connectivity index is 2.08. The minimum Gasteiger partial charge on any atom is -0.356 e. The van der Waals surface area contributed by atoms with Gasteiger partial charge >= 0.3 is 0 Å². The summed E-state index contributed by atoms with van der Waals surface area (Å²) in [6.07, 6.45) is 3.34. The Morgan fingerprint density at radius 3 is 3.06 bits per heavy atom. The van der Waals surface area contributed by atoms with Crippen molar-refractivity contribution in [3.05, 3.63) is 23.3 Å². The number of halogens is 1. The highest BCUT2D eigenvalue weighted by molar-refractivity contribution is 6.18. The van der Waals surface area contributed by atoms with Gasteiger partial charge in [-0.2, -0.15) is 0 Å². The third-order valence-corrected chi connectivity index (χ3v) is 3.81. The molecule has 0 aliphatic carbocycles. The SMILES string of the molecule is Cc1ccc2c(nnn2C2CCCCO2)c1CCl. The summed E-state index contributed by atoms with van der Waals surface area (Å²) in [4.78, 5) is 0. The lowest BCUT2D eigenvalue weighted by Crippen LogP contribution is -2.19. The Bertz CT molecular complexity index is 561. The average molecular weight is 266 g/mol. The second kappa shape index (κ2) is 4.86. The number of aromatic nitrogens is 3. The van der Waals surface area contributed by atoms with Crippen molar-refractivity contribution in [3.8, 4) is 0 Å². The Hall–Kier alpha value is -1.13. The first-order chi connectivity index (χ1) is 8.81. The predicted octanol–water partition coefficient (Wildman–Crippen LogP) is 3.18. The maximum absolute atomic E-state index is 6.00. The number of aryl methyl sites for hydroxylation is 1. The lowest BCUT2D eigenvalue weighted by molar-refractivity contribution is -0.0377. The minimum atomic E-state index is 0.0228. The van der Waals surface area contributed by atoms with Crippen LogP contribution in [-0.2, 0) is 10.6 Å². The normalized spacial score (nSPS) is 20.4. The molecular weight excluding hydrogens is 250 g/mol. The van der Waals surface area contributed by atoms with Crippen LogP contribution in [0.2, 0.25) is 0 Å². The molecular formula is C13H16ClN3O. The van der Waals surface area contributed by atoms with Crippen molar-refractivity contribution in [1.29, 1.82) is 0 Å². The first-order valence-electron chi connectivity index (χ1n) is 6.32. The quantitative estimate of drug-likeness (QED) is 0.783. The summed E-state index contributed by atoms with van der Waals surface area (Å²) >= 11 is 6.00. The van der Waals surface area contributed by atoms with E-state index in [0.29, 0.717) is 5.88 Å². The lowest BCUT2D eigenvalue weighted by Gasteiger charge is -2.22. The first-order valence-corrected chi connectivity index (χ1v) is 6.85. The predicted molar refractivity (Wildman–Crippen MR) is 70.7 cm³/mol. The smallest absolute Gasteiger partial charge is 0.152 e. The van der Waals surface area contributed by atoms with E-state index in [1.54, 1.807) is 0 Å². The van der Waals surface area contributed by atoms with E-state index < -0.39 is 0 Å². The zero-order valence-electron chi connectivity index (χ0n) is 10.4. The number of fused-ring (bicyclic) bond motifs is 1. The maximum atomic E-state index is 6.00. The molecule has 1 fully saturated rings. The first kappa shape index (κ1) is 11.9. The Morgan fingerprint density at radius 2 is 2.33 bits per heavy atom. The van der Waals surface area contributed by atoms with Crippen molar-refractivity contribution in [2.75, 3.05) is 6.61 Å². The van der Waals surface area contributed by atoms with Gasteiger partial charge in [-0.15, -0.1) is 16.7 Å². The Labute approximate surface area is 111 Å². The molecule has 1 atom stereocenters. The zero-order valence-corrected chi connectivity index (χ0v) is 11.2. The van der Waals surface area contributed by atoms with Crippen molar-refractivity contribution in [2.45, 2.75) is 38.3 Å². The molecule has 0 N–H and O–H groups in total. The van der Waals surface area contributed by atoms with Crippen molar-refractivity contribution in [2.24, 2.45) is 0 Å². The van der Waals surface area contributed by atoms with Gasteiger partial charge in [-0.1, -0.05) is 11.3 Å². The van der Waals surface area contributed by atoms with Crippen LogP contribution in [0.3, 0.4) is 0 Å².